The number of aliphatic hydroxyl groups is 5. The van der Waals surface area contributed by atoms with Gasteiger partial charge in [-0.25, -0.2) is 73.5 Å². The maximum absolute atomic E-state index is 14.1. The van der Waals surface area contributed by atoms with E-state index in [1.165, 1.54) is 10.9 Å². The van der Waals surface area contributed by atoms with Crippen LogP contribution in [0.2, 0.25) is 0 Å². The minimum atomic E-state index is -5.57. The number of ether oxygens (including phenoxy) is 5. The van der Waals surface area contributed by atoms with Gasteiger partial charge in [0.1, 0.15) is 127 Å². The van der Waals surface area contributed by atoms with Crippen LogP contribution in [0.3, 0.4) is 0 Å². The number of aliphatic hydroxyl groups excluding tert-OH is 5. The molecule has 12 rings (SSSR count). The first-order valence-electron chi connectivity index (χ1n) is 26.0. The molecule has 8 aromatic rings. The van der Waals surface area contributed by atoms with E-state index in [9.17, 15) is 68.3 Å². The maximum Gasteiger partial charge on any atom is 0.472 e. The van der Waals surface area contributed by atoms with Crippen molar-refractivity contribution in [2.45, 2.75) is 98.2 Å². The summed E-state index contributed by atoms with van der Waals surface area (Å²) in [5, 5.41) is 56.8. The molecule has 90 heavy (non-hydrogen) atoms. The number of anilines is 4. The van der Waals surface area contributed by atoms with Crippen molar-refractivity contribution in [1.29, 1.82) is 0 Å². The molecular weight excluding hydrogens is 1300 g/mol. The predicted octanol–water partition coefficient (Wildman–Crippen LogP) is -4.27. The second-order valence-electron chi connectivity index (χ2n) is 20.2. The summed E-state index contributed by atoms with van der Waals surface area (Å²) >= 11 is 0. The van der Waals surface area contributed by atoms with Gasteiger partial charge in [0, 0.05) is 0 Å². The molecule has 8 aromatic heterocycles. The van der Waals surface area contributed by atoms with Crippen molar-refractivity contribution >= 4 is 99.0 Å². The molecule has 4 fully saturated rings. The molecule has 0 radical (unpaired) electrons. The number of nitrogen functional groups attached to an aromatic ring is 4. The quantitative estimate of drug-likeness (QED) is 0.0270. The molecule has 4 aliphatic heterocycles. The molecule has 486 valence electrons. The van der Waals surface area contributed by atoms with E-state index in [2.05, 4.69) is 64.3 Å². The maximum atomic E-state index is 14.1. The predicted molar refractivity (Wildman–Crippen MR) is 289 cm³/mol. The van der Waals surface area contributed by atoms with Crippen molar-refractivity contribution in [3.8, 4) is 0 Å². The first-order valence-corrected chi connectivity index (χ1v) is 32.3. The van der Waals surface area contributed by atoms with Gasteiger partial charge >= 0.3 is 31.1 Å². The van der Waals surface area contributed by atoms with Crippen molar-refractivity contribution in [3.63, 3.8) is 0 Å². The lowest BCUT2D eigenvalue weighted by molar-refractivity contribution is -0.0672. The fourth-order valence-corrected chi connectivity index (χ4v) is 13.5. The summed E-state index contributed by atoms with van der Waals surface area (Å²) in [6, 6.07) is 0. The lowest BCUT2D eigenvalue weighted by atomic mass is 10.1. The minimum Gasteiger partial charge on any atom is -0.387 e. The molecule has 12 heterocycles. The lowest BCUT2D eigenvalue weighted by Crippen LogP contribution is -2.37. The Bertz CT molecular complexity index is 4170. The van der Waals surface area contributed by atoms with Crippen molar-refractivity contribution in [2.75, 3.05) is 55.7 Å². The zero-order valence-electron chi connectivity index (χ0n) is 45.2. The van der Waals surface area contributed by atoms with E-state index in [-0.39, 0.29) is 67.9 Å². The number of phosphoric ester groups is 3. The molecule has 0 saturated carbocycles. The second kappa shape index (κ2) is 24.5. The Kier molecular flexibility index (Phi) is 17.3. The van der Waals surface area contributed by atoms with Gasteiger partial charge in [0.25, 0.3) is 0 Å². The number of nitrogens with zero attached hydrogens (tertiary/aromatic N) is 16. The van der Waals surface area contributed by atoms with Gasteiger partial charge in [0.2, 0.25) is 0 Å². The highest BCUT2D eigenvalue weighted by Gasteiger charge is 2.55. The number of phosphoric acid groups is 3. The van der Waals surface area contributed by atoms with Crippen LogP contribution in [-0.2, 0) is 69.1 Å². The number of hydrogen-bond donors (Lipinski definition) is 14. The fraction of sp³-hybridized carbons (Fsp3) is 0.512. The fourth-order valence-electron chi connectivity index (χ4n) is 10.3. The SMILES string of the molecule is Nc1ncnc2c1ncn2[C@@H]1O[C@H](COP(=O)(O)O[C@@H]2[C@H](O)[C@@H](COP(=O)(O)O[C@@H]3[C@@H](O)[C@@H](COCP(=O)(O)O[C@@H]4[C@H](O)[C@@H](COP(=O)(O)O)O[C@H]4n4cnc5c(N)ncnc54)O[C@H]3n3cnc4c(N)ncnc43)O[C@H]2n2cnc3c(N)ncnc32)[C@@H](O)[C@H]1O. The summed E-state index contributed by atoms with van der Waals surface area (Å²) in [6.45, 7) is -3.79. The second-order valence-corrected chi connectivity index (χ2v) is 26.0. The molecule has 4 saturated heterocycles. The highest BCUT2D eigenvalue weighted by atomic mass is 31.2. The highest BCUT2D eigenvalue weighted by Crippen LogP contribution is 2.54. The van der Waals surface area contributed by atoms with Crippen LogP contribution in [0.5, 0.6) is 0 Å². The van der Waals surface area contributed by atoms with Crippen LogP contribution in [0, 0.1) is 0 Å². The van der Waals surface area contributed by atoms with Gasteiger partial charge < -0.3 is 96.6 Å². The van der Waals surface area contributed by atoms with Crippen molar-refractivity contribution in [2.24, 2.45) is 0 Å². The third-order valence-corrected chi connectivity index (χ3v) is 18.0. The van der Waals surface area contributed by atoms with Crippen LogP contribution in [0.25, 0.3) is 44.7 Å². The molecule has 0 aromatic carbocycles. The monoisotopic (exact) mass is 1350 g/mol. The minimum absolute atomic E-state index is 0.000107. The largest absolute Gasteiger partial charge is 0.472 e. The van der Waals surface area contributed by atoms with Crippen LogP contribution in [0.4, 0.5) is 23.3 Å². The average molecular weight is 1350 g/mol. The summed E-state index contributed by atoms with van der Waals surface area (Å²) in [5.41, 5.74) is 24.0. The van der Waals surface area contributed by atoms with Crippen LogP contribution in [-0.4, -0.2) is 234 Å². The van der Waals surface area contributed by atoms with Gasteiger partial charge in [-0.15, -0.1) is 0 Å². The Labute approximate surface area is 499 Å². The first kappa shape index (κ1) is 63.6. The van der Waals surface area contributed by atoms with E-state index in [1.807, 2.05) is 0 Å². The Morgan fingerprint density at radius 3 is 1.08 bits per heavy atom. The first-order chi connectivity index (χ1) is 42.7. The van der Waals surface area contributed by atoms with Crippen molar-refractivity contribution in [3.05, 3.63) is 50.6 Å². The van der Waals surface area contributed by atoms with Crippen molar-refractivity contribution in [1.82, 2.24) is 78.1 Å². The number of nitrogens with two attached hydrogens (primary N) is 4. The van der Waals surface area contributed by atoms with E-state index in [0.717, 1.165) is 58.0 Å². The van der Waals surface area contributed by atoms with E-state index >= 15 is 0 Å². The summed E-state index contributed by atoms with van der Waals surface area (Å²) in [4.78, 5) is 101. The molecule has 3 unspecified atom stereocenters. The molecule has 0 bridgehead atoms. The topological polar surface area (TPSA) is 651 Å². The molecule has 0 aliphatic carbocycles. The zero-order chi connectivity index (χ0) is 63.9. The number of rotatable bonds is 23. The van der Waals surface area contributed by atoms with Crippen LogP contribution in [0.1, 0.15) is 24.9 Å². The number of imidazole rings is 4. The van der Waals surface area contributed by atoms with Crippen molar-refractivity contribution < 1.29 is 119 Å². The molecule has 4 aliphatic rings. The van der Waals surface area contributed by atoms with Gasteiger partial charge in [-0.05, 0) is 0 Å². The summed E-state index contributed by atoms with van der Waals surface area (Å²) < 4.78 is 119. The van der Waals surface area contributed by atoms with E-state index in [4.69, 9.17) is 69.2 Å². The Hall–Kier alpha value is -6.52. The standard InChI is InChI=1S/C41H52N20O25P4/c42-30-18-34(50-5-46-30)58(9-54-18)38-26(66)22(62)15(80-38)3-78-89(72,73)86-29-25(65)17(83-41(29)61-12-57-21-33(45)49-8-53-37(21)61)4-79-90(74,75)85-28-23(63)14(81-40(28)60-11-56-20-32(44)48-7-52-36(20)60)1-76-13-87(67,68)84-27-24(64)16(2-77-88(69,70)71)82-39(27)59-10-55-19-31(43)47-6-51-35(19)59/h5-12,14-17,22-29,38-41,62-66H,1-4,13H2,(H,67,68)(H,72,73)(H,74,75)(H2,42,46,50)(H2,43,47,51)(H2,44,48,52)(H2,45,49,53)(H2,69,70,71)/t14-,15-,16-,17-,22-,23+,24-,25-,26-,27-,28-,29-,38-,39-,40-,41-/m1/s1. The number of fused-ring (bicyclic) bond motifs is 4. The zero-order valence-corrected chi connectivity index (χ0v) is 48.8. The molecule has 49 heteroatoms. The van der Waals surface area contributed by atoms with E-state index in [0.29, 0.717) is 0 Å². The Morgan fingerprint density at radius 1 is 0.400 bits per heavy atom. The third kappa shape index (κ3) is 12.5. The van der Waals surface area contributed by atoms with Gasteiger partial charge in [-0.1, -0.05) is 0 Å². The Balaban J connectivity index is 0.735. The van der Waals surface area contributed by atoms with Crippen LogP contribution < -0.4 is 22.9 Å². The third-order valence-electron chi connectivity index (χ3n) is 14.5. The summed E-state index contributed by atoms with van der Waals surface area (Å²) in [6.07, 6.45) is -20.6. The highest BCUT2D eigenvalue weighted by molar-refractivity contribution is 7.52. The molecular formula is C41H52N20O25P4. The smallest absolute Gasteiger partial charge is 0.387 e. The van der Waals surface area contributed by atoms with E-state index < -0.39 is 162 Å². The number of hydrogen-bond acceptors (Lipinski definition) is 36. The van der Waals surface area contributed by atoms with Gasteiger partial charge in [0.05, 0.1) is 51.7 Å². The van der Waals surface area contributed by atoms with E-state index in [1.54, 1.807) is 0 Å². The van der Waals surface area contributed by atoms with Gasteiger partial charge in [-0.2, -0.15) is 0 Å². The lowest BCUT2D eigenvalue weighted by Gasteiger charge is -2.25. The normalized spacial score (nSPS) is 31.1. The molecule has 45 nitrogen and oxygen atoms in total. The summed E-state index contributed by atoms with van der Waals surface area (Å²) in [5.74, 6) is -0.322. The Morgan fingerprint density at radius 2 is 0.711 bits per heavy atom. The molecule has 0 spiro atoms. The van der Waals surface area contributed by atoms with Crippen LogP contribution in [0.15, 0.2) is 50.6 Å². The van der Waals surface area contributed by atoms with Gasteiger partial charge in [-0.3, -0.25) is 50.0 Å². The van der Waals surface area contributed by atoms with Crippen LogP contribution >= 0.6 is 31.1 Å². The summed E-state index contributed by atoms with van der Waals surface area (Å²) in [7, 11) is -21.2. The number of aromatic nitrogens is 16. The molecule has 18 N–H and O–H groups in total. The molecule has 0 amide bonds. The van der Waals surface area contributed by atoms with Gasteiger partial charge in [0.15, 0.2) is 70.8 Å². The molecule has 19 atom stereocenters. The average Bonchev–Trinajstić information content (AvgIpc) is 1.67.